The summed E-state index contributed by atoms with van der Waals surface area (Å²) in [6, 6.07) is 0. The minimum absolute atomic E-state index is 0.313. The lowest BCUT2D eigenvalue weighted by Crippen LogP contribution is -2.49. The number of carbonyl (C=O) groups excluding carboxylic acids is 1. The Kier molecular flexibility index (Phi) is 7.16. The van der Waals surface area contributed by atoms with Crippen LogP contribution in [0.1, 0.15) is 46.5 Å². The summed E-state index contributed by atoms with van der Waals surface area (Å²) in [6.07, 6.45) is 4.69. The number of piperidine rings is 1. The molecule has 2 rings (SSSR count). The maximum atomic E-state index is 11.7. The van der Waals surface area contributed by atoms with E-state index in [2.05, 4.69) is 23.6 Å². The first kappa shape index (κ1) is 17.7. The highest BCUT2D eigenvalue weighted by Gasteiger charge is 2.22. The minimum atomic E-state index is 0.313. The molecule has 2 saturated heterocycles. The molecule has 2 heterocycles. The molecule has 4 heteroatoms. The molecule has 0 unspecified atom stereocenters. The van der Waals surface area contributed by atoms with E-state index in [-0.39, 0.29) is 0 Å². The number of nitrogens with zero attached hydrogens (tertiary/aromatic N) is 3. The van der Waals surface area contributed by atoms with Crippen LogP contribution in [0, 0.1) is 11.8 Å². The molecule has 128 valence electrons. The second kappa shape index (κ2) is 8.88. The summed E-state index contributed by atoms with van der Waals surface area (Å²) in [4.78, 5) is 18.9. The monoisotopic (exact) mass is 309 g/mol. The number of rotatable bonds is 6. The molecule has 0 N–H and O–H groups in total. The SMILES string of the molecule is CCC(=O)N1CCN(CCCN2CCC(C(C)C)CC2)CC1. The normalized spacial score (nSPS) is 22.5. The predicted octanol–water partition coefficient (Wildman–Crippen LogP) is 2.30. The van der Waals surface area contributed by atoms with Gasteiger partial charge in [-0.25, -0.2) is 0 Å². The molecule has 0 aromatic carbocycles. The van der Waals surface area contributed by atoms with Crippen molar-refractivity contribution in [2.45, 2.75) is 46.5 Å². The van der Waals surface area contributed by atoms with Crippen molar-refractivity contribution in [3.63, 3.8) is 0 Å². The summed E-state index contributed by atoms with van der Waals surface area (Å²) in [5.74, 6) is 2.11. The van der Waals surface area contributed by atoms with Crippen LogP contribution in [0.4, 0.5) is 0 Å². The fraction of sp³-hybridized carbons (Fsp3) is 0.944. The van der Waals surface area contributed by atoms with Gasteiger partial charge in [-0.15, -0.1) is 0 Å². The van der Waals surface area contributed by atoms with Gasteiger partial charge < -0.3 is 9.80 Å². The Morgan fingerprint density at radius 2 is 1.50 bits per heavy atom. The van der Waals surface area contributed by atoms with E-state index in [0.29, 0.717) is 12.3 Å². The number of carbonyl (C=O) groups is 1. The molecule has 4 nitrogen and oxygen atoms in total. The lowest BCUT2D eigenvalue weighted by Gasteiger charge is -2.36. The Hall–Kier alpha value is -0.610. The van der Waals surface area contributed by atoms with E-state index in [1.807, 2.05) is 11.8 Å². The second-order valence-electron chi connectivity index (χ2n) is 7.35. The zero-order valence-corrected chi connectivity index (χ0v) is 14.9. The van der Waals surface area contributed by atoms with Gasteiger partial charge in [0.1, 0.15) is 0 Å². The summed E-state index contributed by atoms with van der Waals surface area (Å²) in [5.41, 5.74) is 0. The largest absolute Gasteiger partial charge is 0.340 e. The third kappa shape index (κ3) is 5.24. The third-order valence-corrected chi connectivity index (χ3v) is 5.55. The van der Waals surface area contributed by atoms with Crippen LogP contribution >= 0.6 is 0 Å². The highest BCUT2D eigenvalue weighted by molar-refractivity contribution is 5.75. The van der Waals surface area contributed by atoms with E-state index in [1.165, 1.54) is 45.4 Å². The molecular formula is C18H35N3O. The van der Waals surface area contributed by atoms with Crippen LogP contribution < -0.4 is 0 Å². The molecule has 0 atom stereocenters. The number of hydrogen-bond acceptors (Lipinski definition) is 3. The van der Waals surface area contributed by atoms with Gasteiger partial charge in [-0.1, -0.05) is 20.8 Å². The molecule has 0 aliphatic carbocycles. The molecule has 22 heavy (non-hydrogen) atoms. The lowest BCUT2D eigenvalue weighted by molar-refractivity contribution is -0.132. The van der Waals surface area contributed by atoms with E-state index >= 15 is 0 Å². The highest BCUT2D eigenvalue weighted by Crippen LogP contribution is 2.24. The summed E-state index contributed by atoms with van der Waals surface area (Å²) in [5, 5.41) is 0. The summed E-state index contributed by atoms with van der Waals surface area (Å²) >= 11 is 0. The third-order valence-electron chi connectivity index (χ3n) is 5.55. The summed E-state index contributed by atoms with van der Waals surface area (Å²) < 4.78 is 0. The van der Waals surface area contributed by atoms with Gasteiger partial charge in [0.2, 0.25) is 5.91 Å². The van der Waals surface area contributed by atoms with Gasteiger partial charge in [0.25, 0.3) is 0 Å². The van der Waals surface area contributed by atoms with Crippen LogP contribution in [-0.2, 0) is 4.79 Å². The summed E-state index contributed by atoms with van der Waals surface area (Å²) in [7, 11) is 0. The molecule has 0 saturated carbocycles. The second-order valence-corrected chi connectivity index (χ2v) is 7.35. The quantitative estimate of drug-likeness (QED) is 0.753. The van der Waals surface area contributed by atoms with E-state index in [9.17, 15) is 4.79 Å². The molecule has 0 bridgehead atoms. The van der Waals surface area contributed by atoms with Crippen molar-refractivity contribution >= 4 is 5.91 Å². The molecule has 2 aliphatic heterocycles. The molecule has 0 radical (unpaired) electrons. The van der Waals surface area contributed by atoms with Crippen LogP contribution in [0.3, 0.4) is 0 Å². The van der Waals surface area contributed by atoms with Gasteiger partial charge in [-0.05, 0) is 57.3 Å². The fourth-order valence-corrected chi connectivity index (χ4v) is 3.81. The van der Waals surface area contributed by atoms with Crippen molar-refractivity contribution in [3.8, 4) is 0 Å². The van der Waals surface area contributed by atoms with Crippen LogP contribution in [-0.4, -0.2) is 73.0 Å². The molecule has 2 aliphatic rings. The van der Waals surface area contributed by atoms with Crippen molar-refractivity contribution in [2.75, 3.05) is 52.4 Å². The fourth-order valence-electron chi connectivity index (χ4n) is 3.81. The minimum Gasteiger partial charge on any atom is -0.340 e. The van der Waals surface area contributed by atoms with Crippen LogP contribution in [0.2, 0.25) is 0 Å². The van der Waals surface area contributed by atoms with Gasteiger partial charge in [-0.3, -0.25) is 9.69 Å². The highest BCUT2D eigenvalue weighted by atomic mass is 16.2. The molecule has 0 aromatic rings. The van der Waals surface area contributed by atoms with Gasteiger partial charge in [-0.2, -0.15) is 0 Å². The van der Waals surface area contributed by atoms with Crippen molar-refractivity contribution in [1.29, 1.82) is 0 Å². The Labute approximate surface area is 136 Å². The van der Waals surface area contributed by atoms with Crippen molar-refractivity contribution < 1.29 is 4.79 Å². The van der Waals surface area contributed by atoms with E-state index < -0.39 is 0 Å². The van der Waals surface area contributed by atoms with Gasteiger partial charge in [0, 0.05) is 32.6 Å². The van der Waals surface area contributed by atoms with Gasteiger partial charge in [0.15, 0.2) is 0 Å². The van der Waals surface area contributed by atoms with E-state index in [4.69, 9.17) is 0 Å². The maximum Gasteiger partial charge on any atom is 0.222 e. The Bertz CT molecular complexity index is 329. The topological polar surface area (TPSA) is 26.8 Å². The Morgan fingerprint density at radius 3 is 2.00 bits per heavy atom. The number of likely N-dealkylation sites (tertiary alicyclic amines) is 1. The average molecular weight is 309 g/mol. The van der Waals surface area contributed by atoms with Crippen molar-refractivity contribution in [3.05, 3.63) is 0 Å². The molecular weight excluding hydrogens is 274 g/mol. The van der Waals surface area contributed by atoms with Gasteiger partial charge >= 0.3 is 0 Å². The summed E-state index contributed by atoms with van der Waals surface area (Å²) in [6.45, 7) is 15.7. The number of piperazine rings is 1. The number of amides is 1. The van der Waals surface area contributed by atoms with Crippen molar-refractivity contribution in [2.24, 2.45) is 11.8 Å². The molecule has 0 spiro atoms. The first-order valence-electron chi connectivity index (χ1n) is 9.32. The Morgan fingerprint density at radius 1 is 0.955 bits per heavy atom. The van der Waals surface area contributed by atoms with Crippen LogP contribution in [0.5, 0.6) is 0 Å². The molecule has 1 amide bonds. The first-order chi connectivity index (χ1) is 10.6. The van der Waals surface area contributed by atoms with Crippen molar-refractivity contribution in [1.82, 2.24) is 14.7 Å². The zero-order valence-electron chi connectivity index (χ0n) is 14.9. The Balaban J connectivity index is 1.56. The first-order valence-corrected chi connectivity index (χ1v) is 9.32. The zero-order chi connectivity index (χ0) is 15.9. The number of hydrogen-bond donors (Lipinski definition) is 0. The van der Waals surface area contributed by atoms with Crippen LogP contribution in [0.15, 0.2) is 0 Å². The van der Waals surface area contributed by atoms with E-state index in [0.717, 1.165) is 38.0 Å². The smallest absolute Gasteiger partial charge is 0.222 e. The average Bonchev–Trinajstić information content (AvgIpc) is 2.55. The lowest BCUT2D eigenvalue weighted by atomic mass is 9.87. The molecule has 0 aromatic heterocycles. The standard InChI is InChI=1S/C18H35N3O/c1-4-18(22)21-14-12-20(13-15-21)9-5-8-19-10-6-17(7-11-19)16(2)3/h16-17H,4-15H2,1-3H3. The maximum absolute atomic E-state index is 11.7. The van der Waals surface area contributed by atoms with Crippen LogP contribution in [0.25, 0.3) is 0 Å². The van der Waals surface area contributed by atoms with E-state index in [1.54, 1.807) is 0 Å². The molecule has 2 fully saturated rings. The predicted molar refractivity (Wildman–Crippen MR) is 91.9 cm³/mol. The van der Waals surface area contributed by atoms with Gasteiger partial charge in [0.05, 0.1) is 0 Å².